The van der Waals surface area contributed by atoms with Crippen molar-refractivity contribution >= 4 is 58.3 Å². The van der Waals surface area contributed by atoms with Gasteiger partial charge in [-0.3, -0.25) is 24.2 Å². The third-order valence-electron chi connectivity index (χ3n) is 17.5. The van der Waals surface area contributed by atoms with E-state index in [0.29, 0.717) is 31.6 Å². The maximum absolute atomic E-state index is 15.4. The number of fused-ring (bicyclic) bond motifs is 6. The number of hydrogen-bond donors (Lipinski definition) is 11. The molecule has 1 aliphatic carbocycles. The summed E-state index contributed by atoms with van der Waals surface area (Å²) in [6.07, 6.45) is 0.0716. The summed E-state index contributed by atoms with van der Waals surface area (Å²) in [6, 6.07) is 11.8. The third-order valence-corrected chi connectivity index (χ3v) is 17.5. The van der Waals surface area contributed by atoms with Gasteiger partial charge in [0.25, 0.3) is 0 Å². The van der Waals surface area contributed by atoms with Crippen LogP contribution < -0.4 is 15.0 Å². The minimum absolute atomic E-state index is 0.0376. The third kappa shape index (κ3) is 10.7. The molecule has 24 nitrogen and oxygen atoms in total. The zero-order valence-corrected chi connectivity index (χ0v) is 47.5. The molecule has 11 N–H and O–H groups in total. The summed E-state index contributed by atoms with van der Waals surface area (Å²) in [4.78, 5) is 92.4. The van der Waals surface area contributed by atoms with E-state index in [1.807, 2.05) is 33.9 Å². The van der Waals surface area contributed by atoms with E-state index in [9.17, 15) is 33.9 Å². The van der Waals surface area contributed by atoms with Crippen LogP contribution in [0.15, 0.2) is 60.2 Å². The van der Waals surface area contributed by atoms with Crippen molar-refractivity contribution in [3.63, 3.8) is 0 Å². The maximum Gasteiger partial charge on any atom is 0.335 e. The Morgan fingerprint density at radius 1 is 0.854 bits per heavy atom. The largest absolute Gasteiger partial charge is 0.496 e. The van der Waals surface area contributed by atoms with Crippen LogP contribution >= 0.6 is 0 Å². The molecule has 13 atom stereocenters. The second-order valence-electron chi connectivity index (χ2n) is 23.2. The number of aromatic amines is 1. The number of carbonyl (C=O) groups is 7. The average molecular weight is 1150 g/mol. The predicted octanol–water partition coefficient (Wildman–Crippen LogP) is 1.54. The summed E-state index contributed by atoms with van der Waals surface area (Å²) in [5, 5.41) is 83.1. The van der Waals surface area contributed by atoms with Crippen LogP contribution in [-0.4, -0.2) is 211 Å². The van der Waals surface area contributed by atoms with Crippen molar-refractivity contribution in [2.45, 2.75) is 133 Å². The number of carbonyl (C=O) groups excluding carboxylic acids is 3. The number of esters is 2. The number of hydrogen-bond acceptors (Lipinski definition) is 18. The SMILES string of the molecule is CCC1=C[C@@H]2CN(CCc3c([nH]c4ccccc34)[C@@](C(=O)OC)(c3cc4c(cc3OC)N(C)[C@H]3[C@@](O)(CNC(=O)C(C)(C)C)[C@H](OC(C)=O)[C@]5(CC)C=CCN6CC[C@]43[C@@H]65)C2)C1.O=C(O)C(O)C(O)C(=O)O.O=C(O)C(O)C(O)C(=O)O. The molecule has 6 aliphatic rings. The highest BCUT2D eigenvalue weighted by molar-refractivity contribution is 5.94. The molecular weight excluding hydrogens is 1070 g/mol. The molecular formula is C58H77N5O19. The molecule has 2 fully saturated rings. The van der Waals surface area contributed by atoms with Gasteiger partial charge in [-0.1, -0.05) is 76.6 Å². The van der Waals surface area contributed by atoms with Gasteiger partial charge in [0.1, 0.15) is 22.9 Å². The van der Waals surface area contributed by atoms with Crippen LogP contribution in [0.5, 0.6) is 5.75 Å². The number of carboxylic acids is 4. The number of para-hydroxylation sites is 1. The lowest BCUT2D eigenvalue weighted by Gasteiger charge is -2.64. The fourth-order valence-electron chi connectivity index (χ4n) is 14.0. The zero-order valence-electron chi connectivity index (χ0n) is 47.5. The van der Waals surface area contributed by atoms with Gasteiger partial charge in [-0.25, -0.2) is 19.2 Å². The Labute approximate surface area is 473 Å². The summed E-state index contributed by atoms with van der Waals surface area (Å²) in [7, 11) is 5.15. The Bertz CT molecular complexity index is 2970. The van der Waals surface area contributed by atoms with Gasteiger partial charge in [-0.15, -0.1) is 0 Å². The topological polar surface area (TPSA) is 367 Å². The molecule has 6 heterocycles. The zero-order chi connectivity index (χ0) is 60.8. The van der Waals surface area contributed by atoms with Crippen LogP contribution in [-0.2, 0) is 60.3 Å². The van der Waals surface area contributed by atoms with Crippen LogP contribution in [0.3, 0.4) is 0 Å². The molecule has 5 aliphatic heterocycles. The van der Waals surface area contributed by atoms with Gasteiger partial charge < -0.3 is 75.4 Å². The lowest BCUT2D eigenvalue weighted by Crippen LogP contribution is -2.81. The number of aliphatic hydroxyl groups excluding tert-OH is 4. The number of rotatable bonds is 14. The molecule has 82 heavy (non-hydrogen) atoms. The molecule has 5 unspecified atom stereocenters. The Kier molecular flexibility index (Phi) is 18.1. The summed E-state index contributed by atoms with van der Waals surface area (Å²) < 4.78 is 18.9. The molecule has 2 bridgehead atoms. The number of methoxy groups -OCH3 is 2. The summed E-state index contributed by atoms with van der Waals surface area (Å²) >= 11 is 0. The van der Waals surface area contributed by atoms with Crippen molar-refractivity contribution in [1.82, 2.24) is 20.1 Å². The second kappa shape index (κ2) is 23.7. The average Bonchev–Trinajstić information content (AvgIpc) is 2.58. The van der Waals surface area contributed by atoms with Gasteiger partial charge in [0, 0.05) is 96.4 Å². The van der Waals surface area contributed by atoms with Crippen LogP contribution in [0.1, 0.15) is 89.6 Å². The first-order valence-electron chi connectivity index (χ1n) is 27.3. The molecule has 1 spiro atoms. The molecule has 1 amide bonds. The maximum atomic E-state index is 15.4. The first-order chi connectivity index (χ1) is 38.5. The van der Waals surface area contributed by atoms with Gasteiger partial charge >= 0.3 is 35.8 Å². The minimum atomic E-state index is -2.27. The smallest absolute Gasteiger partial charge is 0.335 e. The van der Waals surface area contributed by atoms with Crippen molar-refractivity contribution in [3.8, 4) is 5.75 Å². The van der Waals surface area contributed by atoms with E-state index in [2.05, 4.69) is 87.4 Å². The van der Waals surface area contributed by atoms with Crippen molar-refractivity contribution < 1.29 is 93.7 Å². The quantitative estimate of drug-likeness (QED) is 0.0805. The highest BCUT2D eigenvalue weighted by atomic mass is 16.6. The van der Waals surface area contributed by atoms with E-state index < -0.39 is 93.7 Å². The Morgan fingerprint density at radius 2 is 1.46 bits per heavy atom. The number of benzene rings is 2. The normalized spacial score (nSPS) is 29.2. The van der Waals surface area contributed by atoms with Gasteiger partial charge in [0.15, 0.2) is 24.4 Å². The molecule has 9 rings (SSSR count). The summed E-state index contributed by atoms with van der Waals surface area (Å²) in [6.45, 7) is 15.2. The molecule has 3 aromatic rings. The highest BCUT2D eigenvalue weighted by Gasteiger charge is 2.78. The number of ether oxygens (including phenoxy) is 3. The number of nitrogens with zero attached hydrogens (tertiary/aromatic N) is 3. The number of aliphatic hydroxyl groups is 5. The van der Waals surface area contributed by atoms with E-state index in [4.69, 9.17) is 55.1 Å². The monoisotopic (exact) mass is 1150 g/mol. The number of likely N-dealkylation sites (N-methyl/N-ethyl adjacent to an activating group) is 1. The molecule has 448 valence electrons. The van der Waals surface area contributed by atoms with E-state index >= 15 is 4.79 Å². The number of H-pyrrole nitrogens is 1. The van der Waals surface area contributed by atoms with Crippen LogP contribution in [0.2, 0.25) is 0 Å². The Morgan fingerprint density at radius 3 is 2.00 bits per heavy atom. The van der Waals surface area contributed by atoms with Crippen LogP contribution in [0.25, 0.3) is 10.9 Å². The van der Waals surface area contributed by atoms with Gasteiger partial charge in [-0.05, 0) is 67.8 Å². The number of aromatic nitrogens is 1. The van der Waals surface area contributed by atoms with E-state index in [-0.39, 0.29) is 30.4 Å². The first-order valence-corrected chi connectivity index (χ1v) is 27.3. The fourth-order valence-corrected chi connectivity index (χ4v) is 14.0. The highest BCUT2D eigenvalue weighted by Crippen LogP contribution is 2.68. The van der Waals surface area contributed by atoms with Gasteiger partial charge in [0.2, 0.25) is 5.91 Å². The number of aliphatic carboxylic acids is 4. The van der Waals surface area contributed by atoms with Gasteiger partial charge in [0.05, 0.1) is 26.8 Å². The number of amides is 1. The second-order valence-corrected chi connectivity index (χ2v) is 23.2. The Hall–Kier alpha value is -6.93. The lowest BCUT2D eigenvalue weighted by atomic mass is 9.47. The number of nitrogens with one attached hydrogen (secondary N) is 2. The molecule has 1 saturated heterocycles. The number of anilines is 1. The van der Waals surface area contributed by atoms with E-state index in [1.165, 1.54) is 19.6 Å². The van der Waals surface area contributed by atoms with Crippen molar-refractivity contribution in [3.05, 3.63) is 82.6 Å². The molecule has 0 radical (unpaired) electrons. The van der Waals surface area contributed by atoms with Crippen molar-refractivity contribution in [2.75, 3.05) is 65.4 Å². The molecule has 1 saturated carbocycles. The molecule has 24 heteroatoms. The van der Waals surface area contributed by atoms with Crippen LogP contribution in [0.4, 0.5) is 5.69 Å². The van der Waals surface area contributed by atoms with Crippen molar-refractivity contribution in [2.24, 2.45) is 16.7 Å². The van der Waals surface area contributed by atoms with Crippen molar-refractivity contribution in [1.29, 1.82) is 0 Å². The van der Waals surface area contributed by atoms with E-state index in [1.54, 1.807) is 7.11 Å². The summed E-state index contributed by atoms with van der Waals surface area (Å²) in [5.74, 6) is -7.54. The van der Waals surface area contributed by atoms with Crippen LogP contribution in [0, 0.1) is 16.7 Å². The standard InChI is InChI=1S/C50H65N5O7.2C4H6O6/c1-10-31-23-32-26-49(45(58)61-9,40-34(17-21-54(27-31)28-32)33-15-12-13-16-37(33)52-40)36-24-35-38(25-39(36)60-8)53(7)42-48(35)19-22-55-20-14-18-47(11-2,41(48)55)43(62-30(3)56)50(42,59)29-51-44(57)46(4,5)6;2*5-1(3(7)8)2(6)4(9)10/h12-16,18,23-25,32,41-43,52,59H,10-11,17,19-22,26-29H2,1-9H3,(H,51,57);2*1-2,5-6H,(H,7,8)(H,9,10)/t32-,41-,42+,43+,47+,48+,49-,50-;;/m0../s1. The first kappa shape index (κ1) is 62.7. The molecule has 1 aromatic heterocycles. The Balaban J connectivity index is 0.000000412. The molecule has 2 aromatic carbocycles. The summed E-state index contributed by atoms with van der Waals surface area (Å²) in [5.41, 5.74) is 1.53. The fraction of sp³-hybridized carbons (Fsp3) is 0.569. The minimum Gasteiger partial charge on any atom is -0.496 e. The number of carboxylic acid groups (broad SMARTS) is 4. The van der Waals surface area contributed by atoms with Gasteiger partial charge in [-0.2, -0.15) is 0 Å². The van der Waals surface area contributed by atoms with E-state index in [0.717, 1.165) is 78.0 Å². The lowest BCUT2D eigenvalue weighted by molar-refractivity contribution is -0.217. The predicted molar refractivity (Wildman–Crippen MR) is 294 cm³/mol.